The Kier molecular flexibility index (Phi) is 2.87. The van der Waals surface area contributed by atoms with Crippen LogP contribution in [0.2, 0.25) is 0 Å². The van der Waals surface area contributed by atoms with Crippen LogP contribution in [-0.4, -0.2) is 20.5 Å². The molecule has 1 aromatic carbocycles. The van der Waals surface area contributed by atoms with E-state index in [0.29, 0.717) is 11.5 Å². The largest absolute Gasteiger partial charge is 0.476 e. The summed E-state index contributed by atoms with van der Waals surface area (Å²) in [6, 6.07) is 13.1. The number of rotatable bonds is 3. The number of hydrogen-bond acceptors (Lipinski definition) is 3. The molecule has 0 saturated carbocycles. The lowest BCUT2D eigenvalue weighted by atomic mass is 10.2. The first-order valence-corrected chi connectivity index (χ1v) is 6.20. The molecule has 0 unspecified atom stereocenters. The second kappa shape index (κ2) is 4.70. The normalized spacial score (nSPS) is 10.7. The first-order chi connectivity index (χ1) is 9.66. The molecule has 0 radical (unpaired) electrons. The van der Waals surface area contributed by atoms with Crippen molar-refractivity contribution in [3.8, 4) is 0 Å². The van der Waals surface area contributed by atoms with Gasteiger partial charge in [0.25, 0.3) is 0 Å². The van der Waals surface area contributed by atoms with E-state index in [4.69, 9.17) is 0 Å². The van der Waals surface area contributed by atoms with Gasteiger partial charge in [-0.1, -0.05) is 24.3 Å². The molecule has 0 aliphatic carbocycles. The summed E-state index contributed by atoms with van der Waals surface area (Å²) in [6.45, 7) is 1.96. The Morgan fingerprint density at radius 3 is 2.70 bits per heavy atom. The number of nitrogens with one attached hydrogen (secondary N) is 1. The minimum atomic E-state index is -1.01. The van der Waals surface area contributed by atoms with Gasteiger partial charge in [-0.05, 0) is 30.7 Å². The number of pyridine rings is 1. The Bertz CT molecular complexity index is 793. The minimum absolute atomic E-state index is 0.129. The molecule has 2 N–H and O–H groups in total. The predicted octanol–water partition coefficient (Wildman–Crippen LogP) is 3.08. The van der Waals surface area contributed by atoms with Crippen molar-refractivity contribution in [2.24, 2.45) is 0 Å². The fourth-order valence-corrected chi connectivity index (χ4v) is 2.13. The molecule has 5 nitrogen and oxygen atoms in total. The molecule has 0 fully saturated rings. The molecular weight excluding hydrogens is 254 g/mol. The lowest BCUT2D eigenvalue weighted by Gasteiger charge is -2.07. The lowest BCUT2D eigenvalue weighted by Crippen LogP contribution is -2.05. The van der Waals surface area contributed by atoms with Crippen LogP contribution in [-0.2, 0) is 0 Å². The van der Waals surface area contributed by atoms with Crippen LogP contribution < -0.4 is 5.32 Å². The van der Waals surface area contributed by atoms with E-state index in [-0.39, 0.29) is 5.69 Å². The average Bonchev–Trinajstić information content (AvgIpc) is 2.79. The number of para-hydroxylation sites is 1. The van der Waals surface area contributed by atoms with Crippen molar-refractivity contribution in [1.82, 2.24) is 9.38 Å². The molecule has 2 aromatic heterocycles. The number of carbonyl (C=O) groups is 1. The van der Waals surface area contributed by atoms with Gasteiger partial charge in [-0.25, -0.2) is 9.78 Å². The molecule has 0 atom stereocenters. The molecule has 100 valence electrons. The summed E-state index contributed by atoms with van der Waals surface area (Å²) in [5.74, 6) is -0.669. The number of fused-ring (bicyclic) bond motifs is 1. The maximum Gasteiger partial charge on any atom is 0.356 e. The van der Waals surface area contributed by atoms with Crippen LogP contribution in [0, 0.1) is 6.92 Å². The fraction of sp³-hybridized carbons (Fsp3) is 0.0667. The third-order valence-corrected chi connectivity index (χ3v) is 3.13. The van der Waals surface area contributed by atoms with Gasteiger partial charge < -0.3 is 10.4 Å². The molecule has 0 aliphatic heterocycles. The molecule has 5 heteroatoms. The second-order valence-electron chi connectivity index (χ2n) is 4.48. The van der Waals surface area contributed by atoms with Crippen LogP contribution in [0.25, 0.3) is 5.65 Å². The molecule has 3 aromatic rings. The monoisotopic (exact) mass is 267 g/mol. The van der Waals surface area contributed by atoms with Crippen LogP contribution in [0.5, 0.6) is 0 Å². The highest BCUT2D eigenvalue weighted by atomic mass is 16.4. The number of carboxylic acid groups (broad SMARTS) is 1. The fourth-order valence-electron chi connectivity index (χ4n) is 2.13. The summed E-state index contributed by atoms with van der Waals surface area (Å²) in [7, 11) is 0. The third kappa shape index (κ3) is 1.99. The first kappa shape index (κ1) is 12.2. The molecular formula is C15H13N3O2. The lowest BCUT2D eigenvalue weighted by molar-refractivity contribution is 0.0690. The molecule has 0 spiro atoms. The van der Waals surface area contributed by atoms with Gasteiger partial charge in [-0.2, -0.15) is 0 Å². The van der Waals surface area contributed by atoms with E-state index in [9.17, 15) is 9.90 Å². The van der Waals surface area contributed by atoms with Gasteiger partial charge in [0, 0.05) is 11.9 Å². The van der Waals surface area contributed by atoms with Gasteiger partial charge in [-0.3, -0.25) is 4.40 Å². The van der Waals surface area contributed by atoms with E-state index in [1.807, 2.05) is 37.3 Å². The smallest absolute Gasteiger partial charge is 0.356 e. The number of carboxylic acids is 1. The number of nitrogens with zero attached hydrogens (tertiary/aromatic N) is 2. The van der Waals surface area contributed by atoms with Gasteiger partial charge >= 0.3 is 5.97 Å². The van der Waals surface area contributed by atoms with Gasteiger partial charge in [0.05, 0.1) is 0 Å². The standard InChI is InChI=1S/C15H13N3O2/c1-10-6-2-3-7-11(10)16-14-13(15(19)20)18-9-5-4-8-12(18)17-14/h2-9,16H,1H3,(H,19,20). The molecule has 0 aliphatic rings. The van der Waals surface area contributed by atoms with E-state index in [0.717, 1.165) is 11.3 Å². The van der Waals surface area contributed by atoms with Crippen LogP contribution in [0.1, 0.15) is 16.1 Å². The highest BCUT2D eigenvalue weighted by Crippen LogP contribution is 2.24. The van der Waals surface area contributed by atoms with Crippen molar-refractivity contribution >= 4 is 23.1 Å². The van der Waals surface area contributed by atoms with Gasteiger partial charge in [-0.15, -0.1) is 0 Å². The van der Waals surface area contributed by atoms with Gasteiger partial charge in [0.2, 0.25) is 0 Å². The topological polar surface area (TPSA) is 66.6 Å². The Balaban J connectivity index is 2.14. The zero-order valence-electron chi connectivity index (χ0n) is 10.9. The van der Waals surface area contributed by atoms with Crippen molar-refractivity contribution in [2.75, 3.05) is 5.32 Å². The summed E-state index contributed by atoms with van der Waals surface area (Å²) in [5.41, 5.74) is 2.60. The molecule has 0 bridgehead atoms. The zero-order chi connectivity index (χ0) is 14.1. The summed E-state index contributed by atoms with van der Waals surface area (Å²) in [6.07, 6.45) is 1.69. The van der Waals surface area contributed by atoms with Crippen molar-refractivity contribution in [3.63, 3.8) is 0 Å². The number of benzene rings is 1. The second-order valence-corrected chi connectivity index (χ2v) is 4.48. The van der Waals surface area contributed by atoms with Crippen molar-refractivity contribution in [1.29, 1.82) is 0 Å². The number of imidazole rings is 1. The highest BCUT2D eigenvalue weighted by Gasteiger charge is 2.18. The van der Waals surface area contributed by atoms with Crippen molar-refractivity contribution in [2.45, 2.75) is 6.92 Å². The van der Waals surface area contributed by atoms with Crippen LogP contribution in [0.3, 0.4) is 0 Å². The van der Waals surface area contributed by atoms with E-state index < -0.39 is 5.97 Å². The Morgan fingerprint density at radius 1 is 1.20 bits per heavy atom. The SMILES string of the molecule is Cc1ccccc1Nc1nc2ccccn2c1C(=O)O. The summed E-state index contributed by atoms with van der Waals surface area (Å²) < 4.78 is 1.56. The molecule has 20 heavy (non-hydrogen) atoms. The van der Waals surface area contributed by atoms with Crippen molar-refractivity contribution in [3.05, 3.63) is 59.9 Å². The quantitative estimate of drug-likeness (QED) is 0.765. The minimum Gasteiger partial charge on any atom is -0.476 e. The highest BCUT2D eigenvalue weighted by molar-refractivity contribution is 5.94. The van der Waals surface area contributed by atoms with Crippen LogP contribution in [0.4, 0.5) is 11.5 Å². The number of aromatic carboxylic acids is 1. The van der Waals surface area contributed by atoms with Crippen molar-refractivity contribution < 1.29 is 9.90 Å². The summed E-state index contributed by atoms with van der Waals surface area (Å²) >= 11 is 0. The molecule has 3 rings (SSSR count). The summed E-state index contributed by atoms with van der Waals surface area (Å²) in [4.78, 5) is 15.8. The Morgan fingerprint density at radius 2 is 1.95 bits per heavy atom. The van der Waals surface area contributed by atoms with E-state index in [2.05, 4.69) is 10.3 Å². The number of hydrogen-bond donors (Lipinski definition) is 2. The van der Waals surface area contributed by atoms with Gasteiger partial charge in [0.15, 0.2) is 11.5 Å². The van der Waals surface area contributed by atoms with E-state index >= 15 is 0 Å². The zero-order valence-corrected chi connectivity index (χ0v) is 10.9. The van der Waals surface area contributed by atoms with Crippen LogP contribution >= 0.6 is 0 Å². The first-order valence-electron chi connectivity index (χ1n) is 6.20. The predicted molar refractivity (Wildman–Crippen MR) is 76.6 cm³/mol. The number of anilines is 2. The third-order valence-electron chi connectivity index (χ3n) is 3.13. The number of aryl methyl sites for hydroxylation is 1. The molecule has 2 heterocycles. The maximum absolute atomic E-state index is 11.5. The van der Waals surface area contributed by atoms with Crippen LogP contribution in [0.15, 0.2) is 48.7 Å². The summed E-state index contributed by atoms with van der Waals surface area (Å²) in [5, 5.41) is 12.5. The average molecular weight is 267 g/mol. The molecule has 0 saturated heterocycles. The van der Waals surface area contributed by atoms with E-state index in [1.54, 1.807) is 22.7 Å². The van der Waals surface area contributed by atoms with E-state index in [1.165, 1.54) is 0 Å². The Hall–Kier alpha value is -2.82. The molecule has 0 amide bonds. The Labute approximate surface area is 115 Å². The number of aromatic nitrogens is 2. The van der Waals surface area contributed by atoms with Gasteiger partial charge in [0.1, 0.15) is 5.65 Å². The maximum atomic E-state index is 11.5.